The number of amides is 1. The molecule has 0 saturated carbocycles. The Hall–Kier alpha value is -3.75. The Morgan fingerprint density at radius 3 is 2.47 bits per heavy atom. The molecule has 0 saturated heterocycles. The van der Waals surface area contributed by atoms with Crippen molar-refractivity contribution in [2.45, 2.75) is 26.6 Å². The summed E-state index contributed by atoms with van der Waals surface area (Å²) >= 11 is 0. The minimum absolute atomic E-state index is 0.0181. The Morgan fingerprint density at radius 2 is 1.78 bits per heavy atom. The number of aromatic nitrogens is 3. The van der Waals surface area contributed by atoms with Gasteiger partial charge in [-0.05, 0) is 49.7 Å². The summed E-state index contributed by atoms with van der Waals surface area (Å²) in [6.07, 6.45) is -3.66. The molecule has 0 aliphatic rings. The number of carbonyl (C=O) groups excluding carboxylic acids is 1. The van der Waals surface area contributed by atoms with Gasteiger partial charge in [-0.1, -0.05) is 23.8 Å². The highest BCUT2D eigenvalue weighted by Crippen LogP contribution is 2.34. The van der Waals surface area contributed by atoms with Crippen molar-refractivity contribution in [3.05, 3.63) is 88.6 Å². The van der Waals surface area contributed by atoms with E-state index < -0.39 is 29.3 Å². The fraction of sp³-hybridized carbons (Fsp3) is 0.174. The first kappa shape index (κ1) is 21.5. The Balaban J connectivity index is 1.70. The van der Waals surface area contributed by atoms with Crippen molar-refractivity contribution in [3.8, 4) is 0 Å². The van der Waals surface area contributed by atoms with Gasteiger partial charge in [0.2, 0.25) is 0 Å². The van der Waals surface area contributed by atoms with Crippen LogP contribution in [0.2, 0.25) is 0 Å². The minimum atomic E-state index is -4.77. The van der Waals surface area contributed by atoms with Gasteiger partial charge in [0, 0.05) is 17.3 Å². The maximum absolute atomic E-state index is 13.6. The number of nitrogens with one attached hydrogen (secondary N) is 1. The molecule has 5 nitrogen and oxygen atoms in total. The van der Waals surface area contributed by atoms with Crippen LogP contribution in [0.4, 0.5) is 23.2 Å². The predicted molar refractivity (Wildman–Crippen MR) is 112 cm³/mol. The minimum Gasteiger partial charge on any atom is -0.319 e. The molecule has 4 aromatic rings. The summed E-state index contributed by atoms with van der Waals surface area (Å²) in [4.78, 5) is 17.4. The number of hydrogen-bond donors (Lipinski definition) is 1. The van der Waals surface area contributed by atoms with E-state index in [0.717, 1.165) is 16.4 Å². The molecule has 2 aromatic heterocycles. The number of halogens is 4. The molecular weight excluding hydrogens is 424 g/mol. The van der Waals surface area contributed by atoms with Crippen LogP contribution in [0, 0.1) is 19.7 Å². The molecule has 0 unspecified atom stereocenters. The number of fused-ring (bicyclic) bond motifs is 1. The molecule has 0 bridgehead atoms. The number of aryl methyl sites for hydroxylation is 2. The molecule has 164 valence electrons. The standard InChI is InChI=1S/C23H18F4N4O/c1-13-3-8-19-17(9-13)18(10-14(2)28-19)22(32)29-20-12-31(30-21(20)23(25,26)27)11-15-4-6-16(24)7-5-15/h3-10,12H,11H2,1-2H3,(H,29,32). The zero-order valence-corrected chi connectivity index (χ0v) is 17.2. The normalized spacial score (nSPS) is 11.7. The average Bonchev–Trinajstić information content (AvgIpc) is 3.12. The second-order valence-corrected chi connectivity index (χ2v) is 7.50. The summed E-state index contributed by atoms with van der Waals surface area (Å²) in [7, 11) is 0. The van der Waals surface area contributed by atoms with E-state index in [1.807, 2.05) is 13.0 Å². The lowest BCUT2D eigenvalue weighted by Gasteiger charge is -2.10. The second kappa shape index (κ2) is 8.07. The highest BCUT2D eigenvalue weighted by atomic mass is 19.4. The summed E-state index contributed by atoms with van der Waals surface area (Å²) in [5.41, 5.74) is 1.14. The molecule has 1 amide bonds. The van der Waals surface area contributed by atoms with Gasteiger partial charge in [-0.15, -0.1) is 0 Å². The number of pyridine rings is 1. The molecule has 4 rings (SSSR count). The van der Waals surface area contributed by atoms with Gasteiger partial charge in [-0.2, -0.15) is 18.3 Å². The molecule has 0 radical (unpaired) electrons. The van der Waals surface area contributed by atoms with E-state index in [-0.39, 0.29) is 12.1 Å². The van der Waals surface area contributed by atoms with Gasteiger partial charge in [-0.3, -0.25) is 14.5 Å². The van der Waals surface area contributed by atoms with Crippen molar-refractivity contribution in [1.29, 1.82) is 0 Å². The molecule has 32 heavy (non-hydrogen) atoms. The van der Waals surface area contributed by atoms with Crippen molar-refractivity contribution in [2.75, 3.05) is 5.32 Å². The van der Waals surface area contributed by atoms with E-state index in [1.165, 1.54) is 30.3 Å². The van der Waals surface area contributed by atoms with Gasteiger partial charge in [0.15, 0.2) is 5.69 Å². The molecule has 2 heterocycles. The largest absolute Gasteiger partial charge is 0.437 e. The Morgan fingerprint density at radius 1 is 1.06 bits per heavy atom. The van der Waals surface area contributed by atoms with E-state index >= 15 is 0 Å². The van der Waals surface area contributed by atoms with Crippen LogP contribution in [-0.2, 0) is 12.7 Å². The molecule has 0 fully saturated rings. The third-order valence-corrected chi connectivity index (χ3v) is 4.87. The van der Waals surface area contributed by atoms with Crippen LogP contribution in [0.5, 0.6) is 0 Å². The van der Waals surface area contributed by atoms with Crippen LogP contribution < -0.4 is 5.32 Å². The maximum atomic E-state index is 13.6. The van der Waals surface area contributed by atoms with Crippen molar-refractivity contribution in [3.63, 3.8) is 0 Å². The smallest absolute Gasteiger partial charge is 0.319 e. The highest BCUT2D eigenvalue weighted by Gasteiger charge is 2.38. The van der Waals surface area contributed by atoms with Crippen LogP contribution >= 0.6 is 0 Å². The Labute approximate surface area is 180 Å². The number of alkyl halides is 3. The molecule has 0 atom stereocenters. The van der Waals surface area contributed by atoms with Crippen molar-refractivity contribution >= 4 is 22.5 Å². The monoisotopic (exact) mass is 442 g/mol. The van der Waals surface area contributed by atoms with Gasteiger partial charge >= 0.3 is 6.18 Å². The van der Waals surface area contributed by atoms with Gasteiger partial charge in [0.1, 0.15) is 5.82 Å². The van der Waals surface area contributed by atoms with E-state index in [0.29, 0.717) is 22.2 Å². The van der Waals surface area contributed by atoms with Crippen LogP contribution in [0.3, 0.4) is 0 Å². The fourth-order valence-corrected chi connectivity index (χ4v) is 3.43. The summed E-state index contributed by atoms with van der Waals surface area (Å²) in [5, 5.41) is 6.51. The van der Waals surface area contributed by atoms with Crippen molar-refractivity contribution in [2.24, 2.45) is 0 Å². The van der Waals surface area contributed by atoms with Crippen molar-refractivity contribution in [1.82, 2.24) is 14.8 Å². The molecule has 9 heteroatoms. The highest BCUT2D eigenvalue weighted by molar-refractivity contribution is 6.12. The molecule has 0 aliphatic heterocycles. The zero-order chi connectivity index (χ0) is 23.0. The summed E-state index contributed by atoms with van der Waals surface area (Å²) < 4.78 is 54.9. The Bertz CT molecular complexity index is 1310. The van der Waals surface area contributed by atoms with E-state index in [2.05, 4.69) is 15.4 Å². The summed E-state index contributed by atoms with van der Waals surface area (Å²) in [5.74, 6) is -1.15. The number of benzene rings is 2. The molecule has 2 aromatic carbocycles. The maximum Gasteiger partial charge on any atom is 0.437 e. The number of anilines is 1. The van der Waals surface area contributed by atoms with E-state index in [9.17, 15) is 22.4 Å². The second-order valence-electron chi connectivity index (χ2n) is 7.50. The fourth-order valence-electron chi connectivity index (χ4n) is 3.43. The topological polar surface area (TPSA) is 59.8 Å². The molecular formula is C23H18F4N4O. The average molecular weight is 442 g/mol. The van der Waals surface area contributed by atoms with E-state index in [4.69, 9.17) is 0 Å². The van der Waals surface area contributed by atoms with Crippen LogP contribution in [-0.4, -0.2) is 20.7 Å². The third-order valence-electron chi connectivity index (χ3n) is 4.87. The lowest BCUT2D eigenvalue weighted by molar-refractivity contribution is -0.140. The molecule has 1 N–H and O–H groups in total. The first-order chi connectivity index (χ1) is 15.1. The van der Waals surface area contributed by atoms with Crippen LogP contribution in [0.1, 0.15) is 32.9 Å². The first-order valence-electron chi connectivity index (χ1n) is 9.68. The number of nitrogens with zero attached hydrogens (tertiary/aromatic N) is 3. The van der Waals surface area contributed by atoms with Crippen LogP contribution in [0.15, 0.2) is 54.7 Å². The Kier molecular flexibility index (Phi) is 5.41. The number of carbonyl (C=O) groups is 1. The SMILES string of the molecule is Cc1ccc2nc(C)cc(C(=O)Nc3cn(Cc4ccc(F)cc4)nc3C(F)(F)F)c2c1. The summed E-state index contributed by atoms with van der Waals surface area (Å²) in [6, 6.07) is 12.2. The molecule has 0 aliphatic carbocycles. The lowest BCUT2D eigenvalue weighted by atomic mass is 10.0. The first-order valence-corrected chi connectivity index (χ1v) is 9.68. The quantitative estimate of drug-likeness (QED) is 0.424. The third kappa shape index (κ3) is 4.46. The lowest BCUT2D eigenvalue weighted by Crippen LogP contribution is -2.16. The van der Waals surface area contributed by atoms with Gasteiger partial charge < -0.3 is 5.32 Å². The zero-order valence-electron chi connectivity index (χ0n) is 17.2. The summed E-state index contributed by atoms with van der Waals surface area (Å²) in [6.45, 7) is 3.54. The molecule has 0 spiro atoms. The predicted octanol–water partition coefficient (Wildman–Crippen LogP) is 5.51. The number of hydrogen-bond acceptors (Lipinski definition) is 3. The van der Waals surface area contributed by atoms with Gasteiger partial charge in [-0.25, -0.2) is 4.39 Å². The van der Waals surface area contributed by atoms with E-state index in [1.54, 1.807) is 19.1 Å². The van der Waals surface area contributed by atoms with Gasteiger partial charge in [0.25, 0.3) is 5.91 Å². The van der Waals surface area contributed by atoms with Crippen molar-refractivity contribution < 1.29 is 22.4 Å². The van der Waals surface area contributed by atoms with Crippen LogP contribution in [0.25, 0.3) is 10.9 Å². The van der Waals surface area contributed by atoms with Gasteiger partial charge in [0.05, 0.1) is 23.3 Å². The number of rotatable bonds is 4.